The Morgan fingerprint density at radius 3 is 2.84 bits per heavy atom. The molecule has 0 aliphatic carbocycles. The number of hydrogen-bond acceptors (Lipinski definition) is 6. The average molecular weight is 274 g/mol. The number of tetrazole rings is 1. The zero-order chi connectivity index (χ0) is 13.4. The van der Waals surface area contributed by atoms with Gasteiger partial charge in [-0.25, -0.2) is 0 Å². The van der Waals surface area contributed by atoms with Crippen LogP contribution in [0.25, 0.3) is 5.65 Å². The molecule has 0 saturated heterocycles. The third-order valence-electron chi connectivity index (χ3n) is 3.17. The molecule has 0 saturated carbocycles. The molecular formula is C12H14N6S. The molecule has 0 unspecified atom stereocenters. The summed E-state index contributed by atoms with van der Waals surface area (Å²) in [5.41, 5.74) is 0.650. The van der Waals surface area contributed by atoms with Crippen molar-refractivity contribution in [2.45, 2.75) is 19.9 Å². The van der Waals surface area contributed by atoms with Crippen LogP contribution in [-0.4, -0.2) is 32.3 Å². The Hall–Kier alpha value is -2.02. The van der Waals surface area contributed by atoms with Crippen LogP contribution < -0.4 is 4.90 Å². The van der Waals surface area contributed by atoms with Crippen LogP contribution in [0, 0.1) is 6.92 Å². The lowest BCUT2D eigenvalue weighted by Gasteiger charge is -2.24. The van der Waals surface area contributed by atoms with E-state index < -0.39 is 0 Å². The van der Waals surface area contributed by atoms with E-state index in [9.17, 15) is 0 Å². The molecule has 3 aromatic rings. The van der Waals surface area contributed by atoms with E-state index >= 15 is 0 Å². The molecule has 0 fully saturated rings. The van der Waals surface area contributed by atoms with Crippen molar-refractivity contribution in [2.24, 2.45) is 0 Å². The SMILES string of the molecule is Cc1ccc([C@@H](C)N(C)c2ccc3nnnn3n2)s1. The number of aryl methyl sites for hydroxylation is 1. The standard InChI is InChI=1S/C12H14N6S/c1-8-4-5-10(19-8)9(2)17(3)12-7-6-11-13-15-16-18(11)14-12/h4-7,9H,1-3H3/t9-/m1/s1. The topological polar surface area (TPSA) is 59.2 Å². The number of nitrogens with zero attached hydrogens (tertiary/aromatic N) is 6. The van der Waals surface area contributed by atoms with Crippen molar-refractivity contribution in [3.63, 3.8) is 0 Å². The predicted octanol–water partition coefficient (Wildman–Crippen LogP) is 2.09. The number of thiophene rings is 1. The molecule has 6 nitrogen and oxygen atoms in total. The largest absolute Gasteiger partial charge is 0.351 e. The molecule has 0 aliphatic heterocycles. The Labute approximate surface area is 114 Å². The van der Waals surface area contributed by atoms with E-state index in [1.165, 1.54) is 14.4 Å². The Balaban J connectivity index is 1.91. The minimum Gasteiger partial charge on any atom is -0.351 e. The first-order valence-corrected chi connectivity index (χ1v) is 6.81. The maximum absolute atomic E-state index is 4.40. The van der Waals surface area contributed by atoms with Gasteiger partial charge in [0.2, 0.25) is 0 Å². The maximum atomic E-state index is 4.40. The quantitative estimate of drug-likeness (QED) is 0.732. The van der Waals surface area contributed by atoms with E-state index in [2.05, 4.69) is 51.5 Å². The first-order chi connectivity index (χ1) is 9.15. The molecule has 19 heavy (non-hydrogen) atoms. The molecule has 98 valence electrons. The molecule has 0 bridgehead atoms. The summed E-state index contributed by atoms with van der Waals surface area (Å²) < 4.78 is 1.44. The fourth-order valence-electron chi connectivity index (χ4n) is 1.90. The van der Waals surface area contributed by atoms with E-state index in [0.717, 1.165) is 5.82 Å². The van der Waals surface area contributed by atoms with Crippen LogP contribution in [0.15, 0.2) is 24.3 Å². The van der Waals surface area contributed by atoms with Crippen LogP contribution >= 0.6 is 11.3 Å². The summed E-state index contributed by atoms with van der Waals surface area (Å²) in [6.07, 6.45) is 0. The fourth-order valence-corrected chi connectivity index (χ4v) is 2.87. The van der Waals surface area contributed by atoms with Crippen LogP contribution in [0.1, 0.15) is 22.7 Å². The van der Waals surface area contributed by atoms with Crippen LogP contribution in [0.3, 0.4) is 0 Å². The molecular weight excluding hydrogens is 260 g/mol. The van der Waals surface area contributed by atoms with Crippen molar-refractivity contribution in [3.8, 4) is 0 Å². The number of rotatable bonds is 3. The van der Waals surface area contributed by atoms with E-state index in [0.29, 0.717) is 5.65 Å². The van der Waals surface area contributed by atoms with Gasteiger partial charge in [-0.3, -0.25) is 0 Å². The van der Waals surface area contributed by atoms with Crippen molar-refractivity contribution < 1.29 is 0 Å². The Morgan fingerprint density at radius 1 is 1.26 bits per heavy atom. The van der Waals surface area contributed by atoms with Crippen molar-refractivity contribution in [2.75, 3.05) is 11.9 Å². The first-order valence-electron chi connectivity index (χ1n) is 6.00. The second-order valence-corrected chi connectivity index (χ2v) is 5.77. The summed E-state index contributed by atoms with van der Waals surface area (Å²) in [7, 11) is 2.03. The smallest absolute Gasteiger partial charge is 0.200 e. The molecule has 0 aliphatic rings. The van der Waals surface area contributed by atoms with Crippen molar-refractivity contribution in [1.82, 2.24) is 25.3 Å². The van der Waals surface area contributed by atoms with Gasteiger partial charge in [-0.05, 0) is 48.5 Å². The van der Waals surface area contributed by atoms with Crippen LogP contribution in [-0.2, 0) is 0 Å². The number of aromatic nitrogens is 5. The van der Waals surface area contributed by atoms with Crippen LogP contribution in [0.2, 0.25) is 0 Å². The van der Waals surface area contributed by atoms with E-state index in [1.54, 1.807) is 0 Å². The molecule has 0 amide bonds. The van der Waals surface area contributed by atoms with Gasteiger partial charge in [-0.15, -0.1) is 26.2 Å². The van der Waals surface area contributed by atoms with Gasteiger partial charge in [0.25, 0.3) is 0 Å². The van der Waals surface area contributed by atoms with Crippen molar-refractivity contribution in [3.05, 3.63) is 34.0 Å². The van der Waals surface area contributed by atoms with Crippen LogP contribution in [0.4, 0.5) is 5.82 Å². The lowest BCUT2D eigenvalue weighted by molar-refractivity contribution is 0.689. The maximum Gasteiger partial charge on any atom is 0.200 e. The molecule has 1 atom stereocenters. The molecule has 0 N–H and O–H groups in total. The van der Waals surface area contributed by atoms with Gasteiger partial charge >= 0.3 is 0 Å². The molecule has 0 aromatic carbocycles. The van der Waals surface area contributed by atoms with Crippen LogP contribution in [0.5, 0.6) is 0 Å². The molecule has 0 radical (unpaired) electrons. The zero-order valence-corrected chi connectivity index (χ0v) is 11.8. The van der Waals surface area contributed by atoms with E-state index in [1.807, 2.05) is 30.5 Å². The average Bonchev–Trinajstić information content (AvgIpc) is 3.04. The number of anilines is 1. The lowest BCUT2D eigenvalue weighted by atomic mass is 10.2. The third-order valence-corrected chi connectivity index (χ3v) is 4.34. The van der Waals surface area contributed by atoms with Gasteiger partial charge < -0.3 is 4.90 Å². The van der Waals surface area contributed by atoms with Gasteiger partial charge in [0, 0.05) is 16.8 Å². The molecule has 0 spiro atoms. The van der Waals surface area contributed by atoms with E-state index in [4.69, 9.17) is 0 Å². The highest BCUT2D eigenvalue weighted by Gasteiger charge is 2.15. The number of hydrogen-bond donors (Lipinski definition) is 0. The Morgan fingerprint density at radius 2 is 2.11 bits per heavy atom. The van der Waals surface area contributed by atoms with E-state index in [-0.39, 0.29) is 6.04 Å². The normalized spacial score (nSPS) is 12.8. The van der Waals surface area contributed by atoms with Gasteiger partial charge in [0.05, 0.1) is 6.04 Å². The summed E-state index contributed by atoms with van der Waals surface area (Å²) in [5, 5.41) is 15.7. The third kappa shape index (κ3) is 2.17. The monoisotopic (exact) mass is 274 g/mol. The highest BCUT2D eigenvalue weighted by Crippen LogP contribution is 2.28. The summed E-state index contributed by atoms with van der Waals surface area (Å²) in [6.45, 7) is 4.28. The Kier molecular flexibility index (Phi) is 2.90. The minimum atomic E-state index is 0.264. The second-order valence-electron chi connectivity index (χ2n) is 4.45. The van der Waals surface area contributed by atoms with Gasteiger partial charge in [0.15, 0.2) is 11.5 Å². The van der Waals surface area contributed by atoms with Crippen molar-refractivity contribution >= 4 is 22.8 Å². The second kappa shape index (κ2) is 4.58. The molecule has 3 heterocycles. The molecule has 3 aromatic heterocycles. The zero-order valence-electron chi connectivity index (χ0n) is 11.0. The van der Waals surface area contributed by atoms with Gasteiger partial charge in [-0.2, -0.15) is 0 Å². The fraction of sp³-hybridized carbons (Fsp3) is 0.333. The summed E-state index contributed by atoms with van der Waals surface area (Å²) in [5.74, 6) is 0.846. The molecule has 3 rings (SSSR count). The first kappa shape index (κ1) is 12.0. The summed E-state index contributed by atoms with van der Waals surface area (Å²) in [6, 6.07) is 8.37. The van der Waals surface area contributed by atoms with Gasteiger partial charge in [-0.1, -0.05) is 0 Å². The summed E-state index contributed by atoms with van der Waals surface area (Å²) in [4.78, 5) is 4.75. The summed E-state index contributed by atoms with van der Waals surface area (Å²) >= 11 is 1.81. The van der Waals surface area contributed by atoms with Crippen molar-refractivity contribution in [1.29, 1.82) is 0 Å². The molecule has 7 heteroatoms. The minimum absolute atomic E-state index is 0.264. The highest BCUT2D eigenvalue weighted by molar-refractivity contribution is 7.12. The lowest BCUT2D eigenvalue weighted by Crippen LogP contribution is -2.22. The number of fused-ring (bicyclic) bond motifs is 1. The van der Waals surface area contributed by atoms with Gasteiger partial charge in [0.1, 0.15) is 0 Å². The Bertz CT molecular complexity index is 703. The predicted molar refractivity (Wildman–Crippen MR) is 74.5 cm³/mol. The highest BCUT2D eigenvalue weighted by atomic mass is 32.1.